The van der Waals surface area contributed by atoms with Gasteiger partial charge in [0.1, 0.15) is 47.9 Å². The molecule has 0 saturated carbocycles. The maximum Gasteiger partial charge on any atom is 0.305 e. The zero-order valence-electron chi connectivity index (χ0n) is 18.7. The maximum atomic E-state index is 12.6. The van der Waals surface area contributed by atoms with Crippen LogP contribution in [0.3, 0.4) is 0 Å². The van der Waals surface area contributed by atoms with Crippen LogP contribution < -0.4 is 9.47 Å². The third kappa shape index (κ3) is 6.54. The first-order valence-electron chi connectivity index (χ1n) is 11.4. The molecular formula is C25H28O7S2. The molecule has 2 aromatic carbocycles. The fourth-order valence-electron chi connectivity index (χ4n) is 3.97. The summed E-state index contributed by atoms with van der Waals surface area (Å²) < 4.78 is 16.8. The van der Waals surface area contributed by atoms with Crippen LogP contribution in [-0.2, 0) is 9.53 Å². The van der Waals surface area contributed by atoms with Crippen LogP contribution in [0.25, 0.3) is 0 Å². The van der Waals surface area contributed by atoms with Crippen molar-refractivity contribution in [1.82, 2.24) is 0 Å². The van der Waals surface area contributed by atoms with E-state index >= 15 is 0 Å². The summed E-state index contributed by atoms with van der Waals surface area (Å²) in [5.41, 5.74) is 0.874. The molecule has 1 saturated heterocycles. The lowest BCUT2D eigenvalue weighted by Crippen LogP contribution is -2.20. The van der Waals surface area contributed by atoms with Crippen LogP contribution in [0.1, 0.15) is 60.6 Å². The van der Waals surface area contributed by atoms with Crippen molar-refractivity contribution in [1.29, 1.82) is 0 Å². The fourth-order valence-corrected chi connectivity index (χ4v) is 6.99. The van der Waals surface area contributed by atoms with Gasteiger partial charge in [-0.15, -0.1) is 0 Å². The van der Waals surface area contributed by atoms with Gasteiger partial charge in [0.05, 0.1) is 6.42 Å². The van der Waals surface area contributed by atoms with E-state index in [1.807, 2.05) is 21.6 Å². The van der Waals surface area contributed by atoms with Crippen LogP contribution in [0.15, 0.2) is 36.4 Å². The van der Waals surface area contributed by atoms with Crippen molar-refractivity contribution < 1.29 is 34.0 Å². The Labute approximate surface area is 206 Å². The zero-order chi connectivity index (χ0) is 23.9. The maximum absolute atomic E-state index is 12.6. The SMILES string of the molecule is O=C(CCCCC1CCSS1)OCCOc1cc(O)c2c(c1)OC(c1ccc(O)cc1)CC2=O. The van der Waals surface area contributed by atoms with Gasteiger partial charge in [0.15, 0.2) is 5.78 Å². The number of esters is 1. The summed E-state index contributed by atoms with van der Waals surface area (Å²) in [6.07, 6.45) is 4.22. The molecule has 2 aliphatic rings. The van der Waals surface area contributed by atoms with Gasteiger partial charge in [-0.3, -0.25) is 9.59 Å². The topological polar surface area (TPSA) is 102 Å². The van der Waals surface area contributed by atoms with E-state index in [1.165, 1.54) is 30.4 Å². The number of rotatable bonds is 10. The molecule has 2 heterocycles. The Morgan fingerprint density at radius 2 is 1.94 bits per heavy atom. The van der Waals surface area contributed by atoms with Gasteiger partial charge in [0.2, 0.25) is 0 Å². The lowest BCUT2D eigenvalue weighted by molar-refractivity contribution is -0.144. The van der Waals surface area contributed by atoms with Crippen molar-refractivity contribution in [3.05, 3.63) is 47.5 Å². The number of phenols is 2. The summed E-state index contributed by atoms with van der Waals surface area (Å²) >= 11 is 0. The normalized spacial score (nSPS) is 19.4. The van der Waals surface area contributed by atoms with E-state index in [9.17, 15) is 19.8 Å². The number of carbonyl (C=O) groups excluding carboxylic acids is 2. The highest BCUT2D eigenvalue weighted by Gasteiger charge is 2.31. The van der Waals surface area contributed by atoms with Crippen molar-refractivity contribution in [3.8, 4) is 23.0 Å². The molecule has 0 spiro atoms. The molecular weight excluding hydrogens is 476 g/mol. The molecule has 1 fully saturated rings. The number of hydrogen-bond donors (Lipinski definition) is 2. The lowest BCUT2D eigenvalue weighted by atomic mass is 9.95. The second-order valence-electron chi connectivity index (χ2n) is 8.28. The predicted molar refractivity (Wildman–Crippen MR) is 132 cm³/mol. The lowest BCUT2D eigenvalue weighted by Gasteiger charge is -2.26. The minimum atomic E-state index is -0.526. The van der Waals surface area contributed by atoms with E-state index in [2.05, 4.69) is 0 Å². The first-order chi connectivity index (χ1) is 16.5. The van der Waals surface area contributed by atoms with E-state index in [-0.39, 0.29) is 54.2 Å². The Morgan fingerprint density at radius 3 is 2.71 bits per heavy atom. The Morgan fingerprint density at radius 1 is 1.12 bits per heavy atom. The number of ketones is 1. The van der Waals surface area contributed by atoms with Gasteiger partial charge >= 0.3 is 5.97 Å². The van der Waals surface area contributed by atoms with Crippen molar-refractivity contribution in [2.45, 2.75) is 49.9 Å². The first-order valence-corrected chi connectivity index (χ1v) is 13.8. The second kappa shape index (κ2) is 11.8. The number of benzene rings is 2. The smallest absolute Gasteiger partial charge is 0.305 e. The molecule has 7 nitrogen and oxygen atoms in total. The molecule has 0 aromatic heterocycles. The highest BCUT2D eigenvalue weighted by molar-refractivity contribution is 8.77. The van der Waals surface area contributed by atoms with Crippen molar-refractivity contribution >= 4 is 33.3 Å². The van der Waals surface area contributed by atoms with Crippen LogP contribution in [0, 0.1) is 0 Å². The number of phenolic OH excluding ortho intramolecular Hbond substituents is 2. The highest BCUT2D eigenvalue weighted by atomic mass is 33.1. The highest BCUT2D eigenvalue weighted by Crippen LogP contribution is 2.42. The number of ether oxygens (including phenoxy) is 3. The van der Waals surface area contributed by atoms with Crippen molar-refractivity contribution in [2.75, 3.05) is 19.0 Å². The molecule has 2 N–H and O–H groups in total. The Bertz CT molecular complexity index is 1000. The number of hydrogen-bond acceptors (Lipinski definition) is 9. The number of carbonyl (C=O) groups is 2. The molecule has 2 unspecified atom stereocenters. The summed E-state index contributed by atoms with van der Waals surface area (Å²) in [7, 11) is 3.88. The quantitative estimate of drug-likeness (QED) is 0.249. The standard InChI is InChI=1S/C25H28O7S2/c26-17-7-5-16(6-8-17)22-15-21(28)25-20(27)13-18(14-23(25)32-22)30-10-11-31-24(29)4-2-1-3-19-9-12-33-34-19/h5-8,13-14,19,22,26-27H,1-4,9-12,15H2. The molecule has 0 amide bonds. The summed E-state index contributed by atoms with van der Waals surface area (Å²) in [6, 6.07) is 9.37. The molecule has 182 valence electrons. The molecule has 0 bridgehead atoms. The molecule has 2 atom stereocenters. The van der Waals surface area contributed by atoms with Gasteiger partial charge in [-0.25, -0.2) is 0 Å². The number of aromatic hydroxyl groups is 2. The van der Waals surface area contributed by atoms with Gasteiger partial charge in [0.25, 0.3) is 0 Å². The number of unbranched alkanes of at least 4 members (excludes halogenated alkanes) is 1. The van der Waals surface area contributed by atoms with Crippen LogP contribution in [0.4, 0.5) is 0 Å². The summed E-state index contributed by atoms with van der Waals surface area (Å²) in [6.45, 7) is 0.219. The van der Waals surface area contributed by atoms with Gasteiger partial charge in [-0.2, -0.15) is 0 Å². The van der Waals surface area contributed by atoms with Crippen LogP contribution >= 0.6 is 21.6 Å². The fraction of sp³-hybridized carbons (Fsp3) is 0.440. The van der Waals surface area contributed by atoms with E-state index in [4.69, 9.17) is 14.2 Å². The molecule has 0 radical (unpaired) electrons. The summed E-state index contributed by atoms with van der Waals surface area (Å²) in [5.74, 6) is 1.22. The van der Waals surface area contributed by atoms with E-state index in [0.717, 1.165) is 30.1 Å². The minimum absolute atomic E-state index is 0.0833. The van der Waals surface area contributed by atoms with E-state index < -0.39 is 6.10 Å². The van der Waals surface area contributed by atoms with Gasteiger partial charge in [0, 0.05) is 29.6 Å². The zero-order valence-corrected chi connectivity index (χ0v) is 20.4. The van der Waals surface area contributed by atoms with Gasteiger partial charge in [-0.05, 0) is 37.0 Å². The second-order valence-corrected chi connectivity index (χ2v) is 11.1. The van der Waals surface area contributed by atoms with Crippen molar-refractivity contribution in [3.63, 3.8) is 0 Å². The van der Waals surface area contributed by atoms with Crippen molar-refractivity contribution in [2.24, 2.45) is 0 Å². The van der Waals surface area contributed by atoms with Crippen LogP contribution in [-0.4, -0.2) is 46.2 Å². The molecule has 4 rings (SSSR count). The van der Waals surface area contributed by atoms with E-state index in [1.54, 1.807) is 18.2 Å². The average molecular weight is 505 g/mol. The summed E-state index contributed by atoms with van der Waals surface area (Å²) in [5, 5.41) is 20.5. The van der Waals surface area contributed by atoms with Gasteiger partial charge in [-0.1, -0.05) is 40.1 Å². The monoisotopic (exact) mass is 504 g/mol. The van der Waals surface area contributed by atoms with Crippen LogP contribution in [0.5, 0.6) is 23.0 Å². The molecule has 9 heteroatoms. The Kier molecular flexibility index (Phi) is 8.50. The Hall–Kier alpha value is -2.52. The Balaban J connectivity index is 1.24. The number of fused-ring (bicyclic) bond motifs is 1. The third-order valence-electron chi connectivity index (χ3n) is 5.74. The van der Waals surface area contributed by atoms with E-state index in [0.29, 0.717) is 12.2 Å². The largest absolute Gasteiger partial charge is 0.508 e. The first kappa shape index (κ1) is 24.6. The minimum Gasteiger partial charge on any atom is -0.508 e. The van der Waals surface area contributed by atoms with Crippen LogP contribution in [0.2, 0.25) is 0 Å². The molecule has 34 heavy (non-hydrogen) atoms. The molecule has 2 aliphatic heterocycles. The molecule has 2 aromatic rings. The molecule has 0 aliphatic carbocycles. The summed E-state index contributed by atoms with van der Waals surface area (Å²) in [4.78, 5) is 24.5. The predicted octanol–water partition coefficient (Wildman–Crippen LogP) is 5.44. The number of Topliss-reactive ketones (excluding diaryl/α,β-unsaturated/α-hetero) is 1. The third-order valence-corrected chi connectivity index (χ3v) is 8.74. The van der Waals surface area contributed by atoms with Gasteiger partial charge < -0.3 is 24.4 Å². The average Bonchev–Trinajstić information content (AvgIpc) is 3.33.